The number of aliphatic hydroxyl groups excluding tert-OH is 1. The van der Waals surface area contributed by atoms with E-state index in [-0.39, 0.29) is 18.2 Å². The maximum atomic E-state index is 13.0. The van der Waals surface area contributed by atoms with Crippen molar-refractivity contribution >= 4 is 29.8 Å². The van der Waals surface area contributed by atoms with Crippen molar-refractivity contribution in [2.75, 3.05) is 20.7 Å². The molecule has 1 aromatic rings. The van der Waals surface area contributed by atoms with Crippen LogP contribution < -0.4 is 9.47 Å². The van der Waals surface area contributed by atoms with E-state index in [1.165, 1.54) is 7.11 Å². The Morgan fingerprint density at radius 3 is 2.50 bits per heavy atom. The molecule has 2 aliphatic carbocycles. The second kappa shape index (κ2) is 11.4. The van der Waals surface area contributed by atoms with Gasteiger partial charge in [-0.2, -0.15) is 0 Å². The van der Waals surface area contributed by atoms with E-state index in [2.05, 4.69) is 9.64 Å². The Morgan fingerprint density at radius 2 is 1.84 bits per heavy atom. The summed E-state index contributed by atoms with van der Waals surface area (Å²) in [6.45, 7) is 1.69. The highest BCUT2D eigenvalue weighted by molar-refractivity contribution is 5.86. The molecule has 4 aliphatic rings. The zero-order valence-corrected chi connectivity index (χ0v) is 24.2. The summed E-state index contributed by atoms with van der Waals surface area (Å²) in [6.07, 6.45) is -5.79. The number of rotatable bonds is 11. The molecule has 5 rings (SSSR count). The Hall–Kier alpha value is -4.21. The highest BCUT2D eigenvalue weighted by Gasteiger charge is 2.72. The summed E-state index contributed by atoms with van der Waals surface area (Å²) in [5, 5.41) is 40.5. The largest absolute Gasteiger partial charge is 0.493 e. The topological polar surface area (TPSA) is 216 Å². The average molecular weight is 620 g/mol. The normalized spacial score (nSPS) is 28.2. The van der Waals surface area contributed by atoms with Crippen molar-refractivity contribution in [1.29, 1.82) is 0 Å². The van der Waals surface area contributed by atoms with Gasteiger partial charge < -0.3 is 49.0 Å². The quantitative estimate of drug-likeness (QED) is 0.184. The summed E-state index contributed by atoms with van der Waals surface area (Å²) in [7, 11) is 3.45. The van der Waals surface area contributed by atoms with Gasteiger partial charge >= 0.3 is 29.8 Å². The van der Waals surface area contributed by atoms with Crippen LogP contribution in [-0.4, -0.2) is 112 Å². The fraction of sp³-hybridized carbons (Fsp3) is 0.552. The molecule has 2 aliphatic heterocycles. The zero-order chi connectivity index (χ0) is 32.1. The molecule has 0 radical (unpaired) electrons. The smallest absolute Gasteiger partial charge is 0.348 e. The molecule has 238 valence electrons. The van der Waals surface area contributed by atoms with Gasteiger partial charge in [-0.05, 0) is 51.1 Å². The number of carboxylic acids is 2. The standard InChI is InChI=1S/C29H33NO14/c1-13(26(37)43-18(25(35)36)12-20(32)33)41-21(34)11-15(31)27(38)42-17-6-7-29(39)19-10-14-4-5-16(40-3)23-22(14)28(29,24(17)44-23)8-9-30(19)2/h4-6,13,15,18-19,24,31,39H,7-12H2,1-3H3,(H,32,33)(H,35,36)/t13-,15-,18+,19+,24-,28-,29+/m0/s1. The number of hydrogen-bond acceptors (Lipinski definition) is 13. The van der Waals surface area contributed by atoms with Gasteiger partial charge in [0.15, 0.2) is 29.8 Å². The van der Waals surface area contributed by atoms with Gasteiger partial charge in [-0.15, -0.1) is 0 Å². The lowest BCUT2D eigenvalue weighted by molar-refractivity contribution is -0.179. The lowest BCUT2D eigenvalue weighted by Crippen LogP contribution is -2.74. The van der Waals surface area contributed by atoms with Crippen LogP contribution in [0.25, 0.3) is 0 Å². The Labute approximate surface area is 250 Å². The van der Waals surface area contributed by atoms with Crippen molar-refractivity contribution in [3.05, 3.63) is 35.1 Å². The first-order chi connectivity index (χ1) is 20.7. The van der Waals surface area contributed by atoms with Gasteiger partial charge in [-0.25, -0.2) is 14.4 Å². The first-order valence-corrected chi connectivity index (χ1v) is 14.0. The molecule has 44 heavy (non-hydrogen) atoms. The molecule has 15 heteroatoms. The van der Waals surface area contributed by atoms with Crippen LogP contribution in [-0.2, 0) is 50.0 Å². The minimum absolute atomic E-state index is 0.0663. The Morgan fingerprint density at radius 1 is 1.11 bits per heavy atom. The number of carbonyl (C=O) groups is 5. The van der Waals surface area contributed by atoms with Crippen molar-refractivity contribution < 1.29 is 68.1 Å². The van der Waals surface area contributed by atoms with Crippen molar-refractivity contribution in [1.82, 2.24) is 4.90 Å². The molecule has 4 N–H and O–H groups in total. The molecule has 1 saturated heterocycles. The predicted octanol–water partition coefficient (Wildman–Crippen LogP) is -0.330. The number of aliphatic carboxylic acids is 2. The number of methoxy groups -OCH3 is 1. The van der Waals surface area contributed by atoms with Gasteiger partial charge in [0.2, 0.25) is 6.10 Å². The van der Waals surface area contributed by atoms with Crippen LogP contribution in [0.2, 0.25) is 0 Å². The minimum atomic E-state index is -2.02. The van der Waals surface area contributed by atoms with Crippen LogP contribution in [0.1, 0.15) is 43.7 Å². The van der Waals surface area contributed by atoms with Crippen LogP contribution in [0.5, 0.6) is 11.5 Å². The van der Waals surface area contributed by atoms with E-state index in [1.807, 2.05) is 13.1 Å². The van der Waals surface area contributed by atoms with E-state index in [4.69, 9.17) is 29.2 Å². The van der Waals surface area contributed by atoms with Crippen LogP contribution in [0.4, 0.5) is 0 Å². The maximum absolute atomic E-state index is 13.0. The molecule has 7 atom stereocenters. The highest BCUT2D eigenvalue weighted by atomic mass is 16.6. The van der Waals surface area contributed by atoms with E-state index in [1.54, 1.807) is 12.1 Å². The molecule has 0 saturated carbocycles. The summed E-state index contributed by atoms with van der Waals surface area (Å²) < 4.78 is 26.9. The minimum Gasteiger partial charge on any atom is -0.493 e. The highest BCUT2D eigenvalue weighted by Crippen LogP contribution is 2.65. The SMILES string of the molecule is COc1ccc2c3c1O[C@H]1C(OC(=O)[C@@H](O)CC(=O)O[C@@H](C)C(=O)O[C@H](CC(=O)O)C(=O)O)=CC[C@@]4(O)[C@@H](C2)N(C)CC[C@]314. The molecule has 2 bridgehead atoms. The fourth-order valence-electron chi connectivity index (χ4n) is 6.88. The Balaban J connectivity index is 1.28. The zero-order valence-electron chi connectivity index (χ0n) is 24.2. The van der Waals surface area contributed by atoms with E-state index in [0.29, 0.717) is 30.9 Å². The monoisotopic (exact) mass is 619 g/mol. The Kier molecular flexibility index (Phi) is 8.07. The lowest BCUT2D eigenvalue weighted by Gasteiger charge is -2.61. The maximum Gasteiger partial charge on any atom is 0.348 e. The van der Waals surface area contributed by atoms with Crippen molar-refractivity contribution in [2.24, 2.45) is 0 Å². The summed E-state index contributed by atoms with van der Waals surface area (Å²) >= 11 is 0. The van der Waals surface area contributed by atoms with Crippen LogP contribution in [0.3, 0.4) is 0 Å². The van der Waals surface area contributed by atoms with Gasteiger partial charge in [0.25, 0.3) is 0 Å². The van der Waals surface area contributed by atoms with E-state index < -0.39 is 78.1 Å². The third-order valence-corrected chi connectivity index (χ3v) is 8.94. The molecule has 2 heterocycles. The third kappa shape index (κ3) is 4.94. The summed E-state index contributed by atoms with van der Waals surface area (Å²) in [6, 6.07) is 3.50. The molecule has 0 unspecified atom stereocenters. The van der Waals surface area contributed by atoms with E-state index in [9.17, 15) is 34.2 Å². The molecule has 0 amide bonds. The summed E-state index contributed by atoms with van der Waals surface area (Å²) in [4.78, 5) is 61.5. The molecule has 15 nitrogen and oxygen atoms in total. The Bertz CT molecular complexity index is 1440. The van der Waals surface area contributed by atoms with Gasteiger partial charge in [0.1, 0.15) is 5.76 Å². The average Bonchev–Trinajstić information content (AvgIpc) is 3.31. The van der Waals surface area contributed by atoms with Crippen molar-refractivity contribution in [3.8, 4) is 11.5 Å². The molecular weight excluding hydrogens is 586 g/mol. The number of esters is 3. The van der Waals surface area contributed by atoms with Crippen molar-refractivity contribution in [2.45, 2.75) is 80.5 Å². The molecule has 1 fully saturated rings. The number of aliphatic hydroxyl groups is 2. The number of likely N-dealkylation sites (N-methyl/N-ethyl adjacent to an activating group) is 1. The number of benzene rings is 1. The number of carboxylic acid groups (broad SMARTS) is 2. The first kappa shape index (κ1) is 31.2. The third-order valence-electron chi connectivity index (χ3n) is 8.94. The second-order valence-corrected chi connectivity index (χ2v) is 11.4. The summed E-state index contributed by atoms with van der Waals surface area (Å²) in [5.41, 5.74) is -0.401. The predicted molar refractivity (Wildman–Crippen MR) is 144 cm³/mol. The number of hydrogen-bond donors (Lipinski definition) is 4. The fourth-order valence-corrected chi connectivity index (χ4v) is 6.88. The molecule has 0 aromatic heterocycles. The van der Waals surface area contributed by atoms with E-state index in [0.717, 1.165) is 18.1 Å². The van der Waals surface area contributed by atoms with Crippen LogP contribution >= 0.6 is 0 Å². The van der Waals surface area contributed by atoms with Crippen molar-refractivity contribution in [3.63, 3.8) is 0 Å². The van der Waals surface area contributed by atoms with Gasteiger partial charge in [-0.3, -0.25) is 9.59 Å². The van der Waals surface area contributed by atoms with Gasteiger partial charge in [-0.1, -0.05) is 6.07 Å². The van der Waals surface area contributed by atoms with Gasteiger partial charge in [0.05, 0.1) is 31.0 Å². The number of piperidine rings is 1. The van der Waals surface area contributed by atoms with Gasteiger partial charge in [0, 0.05) is 18.0 Å². The first-order valence-electron chi connectivity index (χ1n) is 14.0. The van der Waals surface area contributed by atoms with Crippen LogP contribution in [0.15, 0.2) is 24.0 Å². The lowest BCUT2D eigenvalue weighted by atomic mass is 9.50. The van der Waals surface area contributed by atoms with E-state index >= 15 is 0 Å². The number of nitrogens with zero attached hydrogens (tertiary/aromatic N) is 1. The molecule has 1 spiro atoms. The molecule has 1 aromatic carbocycles. The summed E-state index contributed by atoms with van der Waals surface area (Å²) in [5.74, 6) is -6.00. The molecular formula is C29H33NO14. The second-order valence-electron chi connectivity index (χ2n) is 11.4. The van der Waals surface area contributed by atoms with Crippen LogP contribution in [0, 0.1) is 0 Å². The number of ether oxygens (including phenoxy) is 5. The number of likely N-dealkylation sites (tertiary alicyclic amines) is 1. The number of carbonyl (C=O) groups excluding carboxylic acids is 3.